The van der Waals surface area contributed by atoms with Gasteiger partial charge in [0.1, 0.15) is 18.3 Å². The molecule has 4 rings (SSSR count). The molecule has 1 aliphatic rings. The second-order valence-electron chi connectivity index (χ2n) is 10.2. The van der Waals surface area contributed by atoms with Crippen LogP contribution in [-0.4, -0.2) is 50.9 Å². The number of ether oxygens (including phenoxy) is 1. The van der Waals surface area contributed by atoms with E-state index in [0.717, 1.165) is 30.0 Å². The number of halogens is 2. The maximum atomic E-state index is 14.2. The average molecular weight is 633 g/mol. The number of hydrogen-bond acceptors (Lipinski definition) is 5. The Labute approximate surface area is 257 Å². The van der Waals surface area contributed by atoms with Crippen molar-refractivity contribution in [1.29, 1.82) is 0 Å². The Balaban J connectivity index is 1.70. The monoisotopic (exact) mass is 631 g/mol. The van der Waals surface area contributed by atoms with Gasteiger partial charge in [-0.15, -0.1) is 0 Å². The summed E-state index contributed by atoms with van der Waals surface area (Å²) in [5.74, 6) is -0.291. The fourth-order valence-corrected chi connectivity index (χ4v) is 6.85. The van der Waals surface area contributed by atoms with E-state index in [1.165, 1.54) is 24.1 Å². The molecule has 3 aromatic carbocycles. The number of carbonyl (C=O) groups excluding carboxylic acids is 2. The van der Waals surface area contributed by atoms with Gasteiger partial charge in [0.2, 0.25) is 11.8 Å². The molecule has 0 radical (unpaired) electrons. The zero-order valence-corrected chi connectivity index (χ0v) is 26.0. The number of para-hydroxylation sites is 1. The molecule has 3 aromatic rings. The molecule has 1 N–H and O–H groups in total. The van der Waals surface area contributed by atoms with E-state index in [2.05, 4.69) is 5.32 Å². The van der Waals surface area contributed by atoms with Crippen LogP contribution >= 0.6 is 23.2 Å². The van der Waals surface area contributed by atoms with Gasteiger partial charge in [0.25, 0.3) is 10.0 Å². The van der Waals surface area contributed by atoms with Crippen LogP contribution in [0.5, 0.6) is 5.75 Å². The maximum absolute atomic E-state index is 14.2. The molecule has 0 saturated heterocycles. The lowest BCUT2D eigenvalue weighted by atomic mass is 10.1. The minimum absolute atomic E-state index is 0.00186. The highest BCUT2D eigenvalue weighted by atomic mass is 35.5. The van der Waals surface area contributed by atoms with E-state index in [4.69, 9.17) is 27.9 Å². The molecule has 42 heavy (non-hydrogen) atoms. The predicted octanol–water partition coefficient (Wildman–Crippen LogP) is 6.06. The van der Waals surface area contributed by atoms with E-state index in [9.17, 15) is 18.0 Å². The molecule has 11 heteroatoms. The van der Waals surface area contributed by atoms with Gasteiger partial charge in [-0.2, -0.15) is 0 Å². The van der Waals surface area contributed by atoms with Crippen LogP contribution in [0.25, 0.3) is 0 Å². The fourth-order valence-electron chi connectivity index (χ4n) is 5.12. The van der Waals surface area contributed by atoms with Crippen LogP contribution in [-0.2, 0) is 26.2 Å². The molecule has 1 saturated carbocycles. The van der Waals surface area contributed by atoms with E-state index < -0.39 is 28.5 Å². The van der Waals surface area contributed by atoms with Crippen molar-refractivity contribution < 1.29 is 22.7 Å². The zero-order valence-electron chi connectivity index (χ0n) is 23.6. The molecule has 0 bridgehead atoms. The first-order chi connectivity index (χ1) is 20.1. The van der Waals surface area contributed by atoms with Crippen molar-refractivity contribution in [3.8, 4) is 5.75 Å². The summed E-state index contributed by atoms with van der Waals surface area (Å²) in [6.45, 7) is 1.35. The molecule has 0 heterocycles. The van der Waals surface area contributed by atoms with Crippen LogP contribution in [0.2, 0.25) is 10.0 Å². The molecule has 1 fully saturated rings. The molecule has 1 unspecified atom stereocenters. The Morgan fingerprint density at radius 1 is 0.976 bits per heavy atom. The summed E-state index contributed by atoms with van der Waals surface area (Å²) < 4.78 is 34.1. The smallest absolute Gasteiger partial charge is 0.264 e. The molecule has 1 atom stereocenters. The van der Waals surface area contributed by atoms with Gasteiger partial charge < -0.3 is 15.0 Å². The third-order valence-electron chi connectivity index (χ3n) is 7.39. The molecule has 0 aliphatic heterocycles. The number of nitrogens with one attached hydrogen (secondary N) is 1. The summed E-state index contributed by atoms with van der Waals surface area (Å²) in [6.07, 6.45) is 4.21. The van der Waals surface area contributed by atoms with Crippen LogP contribution in [0.3, 0.4) is 0 Å². The topological polar surface area (TPSA) is 96.0 Å². The van der Waals surface area contributed by atoms with Gasteiger partial charge in [0.15, 0.2) is 0 Å². The van der Waals surface area contributed by atoms with Gasteiger partial charge in [-0.1, -0.05) is 67.2 Å². The zero-order chi connectivity index (χ0) is 30.3. The molecule has 1 aliphatic carbocycles. The lowest BCUT2D eigenvalue weighted by Crippen LogP contribution is -2.53. The highest BCUT2D eigenvalue weighted by molar-refractivity contribution is 7.92. The number of carbonyl (C=O) groups is 2. The molecular formula is C31H35Cl2N3O5S. The van der Waals surface area contributed by atoms with Crippen molar-refractivity contribution in [2.45, 2.75) is 62.6 Å². The Kier molecular flexibility index (Phi) is 10.8. The molecule has 8 nitrogen and oxygen atoms in total. The Morgan fingerprint density at radius 2 is 1.64 bits per heavy atom. The molecule has 224 valence electrons. The highest BCUT2D eigenvalue weighted by Crippen LogP contribution is 2.28. The van der Waals surface area contributed by atoms with E-state index in [0.29, 0.717) is 33.5 Å². The lowest BCUT2D eigenvalue weighted by molar-refractivity contribution is -0.140. The summed E-state index contributed by atoms with van der Waals surface area (Å²) in [5, 5.41) is 3.78. The minimum atomic E-state index is -4.17. The average Bonchev–Trinajstić information content (AvgIpc) is 3.51. The number of rotatable bonds is 12. The van der Waals surface area contributed by atoms with Crippen LogP contribution in [0, 0.1) is 0 Å². The van der Waals surface area contributed by atoms with Crippen LogP contribution in [0.15, 0.2) is 77.7 Å². The van der Waals surface area contributed by atoms with E-state index in [-0.39, 0.29) is 23.4 Å². The predicted molar refractivity (Wildman–Crippen MR) is 165 cm³/mol. The Bertz CT molecular complexity index is 1480. The summed E-state index contributed by atoms with van der Waals surface area (Å²) in [7, 11) is -2.68. The van der Waals surface area contributed by atoms with Gasteiger partial charge in [0, 0.05) is 12.6 Å². The largest absolute Gasteiger partial charge is 0.497 e. The molecular weight excluding hydrogens is 597 g/mol. The molecule has 2 amide bonds. The van der Waals surface area contributed by atoms with Crippen LogP contribution in [0.1, 0.15) is 44.6 Å². The van der Waals surface area contributed by atoms with Crippen molar-refractivity contribution in [2.24, 2.45) is 0 Å². The molecule has 0 aromatic heterocycles. The number of methoxy groups -OCH3 is 1. The lowest BCUT2D eigenvalue weighted by Gasteiger charge is -2.33. The van der Waals surface area contributed by atoms with Crippen LogP contribution in [0.4, 0.5) is 5.69 Å². The normalized spacial score (nSPS) is 14.3. The Hall–Kier alpha value is -3.27. The summed E-state index contributed by atoms with van der Waals surface area (Å²) in [6, 6.07) is 18.6. The SMILES string of the molecule is CCC(C(=O)NC1CCCC1)N(Cc1ccc(Cl)c(Cl)c1)C(=O)CN(c1ccccc1)S(=O)(=O)c1ccc(OC)cc1. The van der Waals surface area contributed by atoms with Crippen LogP contribution < -0.4 is 14.4 Å². The van der Waals surface area contributed by atoms with Crippen molar-refractivity contribution in [2.75, 3.05) is 18.0 Å². The summed E-state index contributed by atoms with van der Waals surface area (Å²) in [4.78, 5) is 29.1. The number of anilines is 1. The highest BCUT2D eigenvalue weighted by Gasteiger charge is 2.34. The van der Waals surface area contributed by atoms with Gasteiger partial charge in [0.05, 0.1) is 27.7 Å². The maximum Gasteiger partial charge on any atom is 0.264 e. The minimum Gasteiger partial charge on any atom is -0.497 e. The third kappa shape index (κ3) is 7.56. The van der Waals surface area contributed by atoms with Gasteiger partial charge in [-0.05, 0) is 73.4 Å². The Morgan fingerprint density at radius 3 is 2.24 bits per heavy atom. The summed E-state index contributed by atoms with van der Waals surface area (Å²) >= 11 is 12.4. The first-order valence-electron chi connectivity index (χ1n) is 13.9. The standard InChI is InChI=1S/C31H35Cl2N3O5S/c1-3-29(31(38)34-23-9-7-8-10-23)35(20-22-13-18-27(32)28(33)19-22)30(37)21-36(24-11-5-4-6-12-24)42(39,40)26-16-14-25(41-2)15-17-26/h4-6,11-19,23,29H,3,7-10,20-21H2,1-2H3,(H,34,38). The summed E-state index contributed by atoms with van der Waals surface area (Å²) in [5.41, 5.74) is 0.980. The first-order valence-corrected chi connectivity index (χ1v) is 16.1. The van der Waals surface area contributed by atoms with Crippen molar-refractivity contribution in [1.82, 2.24) is 10.2 Å². The second kappa shape index (κ2) is 14.3. The fraction of sp³-hybridized carbons (Fsp3) is 0.355. The second-order valence-corrected chi connectivity index (χ2v) is 12.9. The number of hydrogen-bond donors (Lipinski definition) is 1. The number of benzene rings is 3. The number of amides is 2. The van der Waals surface area contributed by atoms with Crippen molar-refractivity contribution in [3.05, 3.63) is 88.4 Å². The first kappa shape index (κ1) is 31.7. The van der Waals surface area contributed by atoms with Gasteiger partial charge in [-0.3, -0.25) is 13.9 Å². The quantitative estimate of drug-likeness (QED) is 0.262. The van der Waals surface area contributed by atoms with Crippen molar-refractivity contribution >= 4 is 50.7 Å². The number of sulfonamides is 1. The number of nitrogens with zero attached hydrogens (tertiary/aromatic N) is 2. The third-order valence-corrected chi connectivity index (χ3v) is 9.92. The molecule has 0 spiro atoms. The van der Waals surface area contributed by atoms with E-state index in [1.54, 1.807) is 60.7 Å². The van der Waals surface area contributed by atoms with E-state index in [1.807, 2.05) is 6.92 Å². The van der Waals surface area contributed by atoms with Crippen molar-refractivity contribution in [3.63, 3.8) is 0 Å². The van der Waals surface area contributed by atoms with Gasteiger partial charge in [-0.25, -0.2) is 8.42 Å². The van der Waals surface area contributed by atoms with Gasteiger partial charge >= 0.3 is 0 Å². The van der Waals surface area contributed by atoms with E-state index >= 15 is 0 Å².